The van der Waals surface area contributed by atoms with E-state index in [0.29, 0.717) is 6.61 Å². The minimum Gasteiger partial charge on any atom is -0.390 e. The fourth-order valence-corrected chi connectivity index (χ4v) is 2.47. The van der Waals surface area contributed by atoms with Crippen LogP contribution in [0.2, 0.25) is 0 Å². The van der Waals surface area contributed by atoms with Crippen LogP contribution < -0.4 is 0 Å². The molecule has 2 heteroatoms. The normalized spacial score (nSPS) is 36.8. The second kappa shape index (κ2) is 5.31. The Morgan fingerprint density at radius 3 is 2.60 bits per heavy atom. The summed E-state index contributed by atoms with van der Waals surface area (Å²) in [6, 6.07) is 0. The highest BCUT2D eigenvalue weighted by Crippen LogP contribution is 2.37. The summed E-state index contributed by atoms with van der Waals surface area (Å²) >= 11 is 0. The van der Waals surface area contributed by atoms with Crippen molar-refractivity contribution in [1.82, 2.24) is 0 Å². The van der Waals surface area contributed by atoms with Crippen LogP contribution >= 0.6 is 0 Å². The molecule has 1 saturated heterocycles. The molecule has 90 valence electrons. The van der Waals surface area contributed by atoms with Gasteiger partial charge in [0.1, 0.15) is 0 Å². The van der Waals surface area contributed by atoms with Crippen molar-refractivity contribution in [3.05, 3.63) is 0 Å². The van der Waals surface area contributed by atoms with Crippen LogP contribution in [-0.4, -0.2) is 22.9 Å². The summed E-state index contributed by atoms with van der Waals surface area (Å²) < 4.78 is 5.76. The average Bonchev–Trinajstić information content (AvgIpc) is 2.18. The first-order valence-corrected chi connectivity index (χ1v) is 6.40. The van der Waals surface area contributed by atoms with Crippen LogP contribution in [0.15, 0.2) is 0 Å². The lowest BCUT2D eigenvalue weighted by molar-refractivity contribution is -0.156. The highest BCUT2D eigenvalue weighted by Gasteiger charge is 2.40. The predicted molar refractivity (Wildman–Crippen MR) is 63.0 cm³/mol. The van der Waals surface area contributed by atoms with Crippen LogP contribution in [0, 0.1) is 0 Å². The Kier molecular flexibility index (Phi) is 4.60. The van der Waals surface area contributed by atoms with Crippen molar-refractivity contribution in [2.45, 2.75) is 76.9 Å². The Morgan fingerprint density at radius 2 is 2.00 bits per heavy atom. The second-order valence-corrected chi connectivity index (χ2v) is 5.26. The summed E-state index contributed by atoms with van der Waals surface area (Å²) in [6.07, 6.45) is 7.14. The second-order valence-electron chi connectivity index (χ2n) is 5.26. The molecule has 2 unspecified atom stereocenters. The molecule has 0 radical (unpaired) electrons. The molecule has 0 aromatic rings. The van der Waals surface area contributed by atoms with Gasteiger partial charge in [0, 0.05) is 6.42 Å². The molecule has 2 atom stereocenters. The Labute approximate surface area is 94.0 Å². The molecule has 1 heterocycles. The summed E-state index contributed by atoms with van der Waals surface area (Å²) in [7, 11) is 0. The van der Waals surface area contributed by atoms with Gasteiger partial charge < -0.3 is 9.84 Å². The van der Waals surface area contributed by atoms with Crippen molar-refractivity contribution in [1.29, 1.82) is 0 Å². The van der Waals surface area contributed by atoms with E-state index in [-0.39, 0.29) is 5.60 Å². The first-order valence-electron chi connectivity index (χ1n) is 6.40. The van der Waals surface area contributed by atoms with Gasteiger partial charge in [-0.3, -0.25) is 0 Å². The molecule has 0 aliphatic carbocycles. The van der Waals surface area contributed by atoms with E-state index in [2.05, 4.69) is 20.8 Å². The van der Waals surface area contributed by atoms with Gasteiger partial charge in [-0.1, -0.05) is 33.1 Å². The average molecular weight is 214 g/mol. The predicted octanol–water partition coefficient (Wildman–Crippen LogP) is 3.28. The Hall–Kier alpha value is -0.0800. The standard InChI is InChI=1S/C13H26O2/c1-4-6-7-8-13(14)9-10-15-12(3,5-2)11-13/h14H,4-11H2,1-3H3. The molecule has 1 fully saturated rings. The van der Waals surface area contributed by atoms with Gasteiger partial charge in [0.15, 0.2) is 0 Å². The van der Waals surface area contributed by atoms with E-state index in [0.717, 1.165) is 32.1 Å². The van der Waals surface area contributed by atoms with Crippen molar-refractivity contribution in [2.75, 3.05) is 6.61 Å². The van der Waals surface area contributed by atoms with Gasteiger partial charge in [0.05, 0.1) is 17.8 Å². The van der Waals surface area contributed by atoms with E-state index in [1.54, 1.807) is 0 Å². The maximum Gasteiger partial charge on any atom is 0.0697 e. The number of aliphatic hydroxyl groups is 1. The zero-order chi connectivity index (χ0) is 11.4. The van der Waals surface area contributed by atoms with Gasteiger partial charge in [-0.15, -0.1) is 0 Å². The summed E-state index contributed by atoms with van der Waals surface area (Å²) in [5.41, 5.74) is -0.558. The smallest absolute Gasteiger partial charge is 0.0697 e. The van der Waals surface area contributed by atoms with Gasteiger partial charge in [-0.25, -0.2) is 0 Å². The summed E-state index contributed by atoms with van der Waals surface area (Å²) in [4.78, 5) is 0. The first kappa shape index (κ1) is 13.0. The number of ether oxygens (including phenoxy) is 1. The lowest BCUT2D eigenvalue weighted by Gasteiger charge is -2.43. The Morgan fingerprint density at radius 1 is 1.27 bits per heavy atom. The zero-order valence-corrected chi connectivity index (χ0v) is 10.5. The fraction of sp³-hybridized carbons (Fsp3) is 1.00. The van der Waals surface area contributed by atoms with Crippen LogP contribution in [0.3, 0.4) is 0 Å². The highest BCUT2D eigenvalue weighted by atomic mass is 16.5. The quantitative estimate of drug-likeness (QED) is 0.712. The molecular formula is C13H26O2. The van der Waals surface area contributed by atoms with E-state index in [1.165, 1.54) is 12.8 Å². The van der Waals surface area contributed by atoms with Crippen LogP contribution in [-0.2, 0) is 4.74 Å². The lowest BCUT2D eigenvalue weighted by Crippen LogP contribution is -2.47. The minimum atomic E-state index is -0.460. The molecule has 0 spiro atoms. The number of hydrogen-bond acceptors (Lipinski definition) is 2. The summed E-state index contributed by atoms with van der Waals surface area (Å²) in [5, 5.41) is 10.5. The van der Waals surface area contributed by atoms with Crippen molar-refractivity contribution >= 4 is 0 Å². The van der Waals surface area contributed by atoms with E-state index >= 15 is 0 Å². The highest BCUT2D eigenvalue weighted by molar-refractivity contribution is 4.91. The molecule has 0 aromatic carbocycles. The Balaban J connectivity index is 2.45. The third-order valence-corrected chi connectivity index (χ3v) is 3.71. The minimum absolute atomic E-state index is 0.0980. The van der Waals surface area contributed by atoms with Gasteiger partial charge >= 0.3 is 0 Å². The monoisotopic (exact) mass is 214 g/mol. The number of unbranched alkanes of at least 4 members (excludes halogenated alkanes) is 2. The lowest BCUT2D eigenvalue weighted by atomic mass is 9.79. The Bertz CT molecular complexity index is 193. The van der Waals surface area contributed by atoms with Gasteiger partial charge in [-0.2, -0.15) is 0 Å². The molecule has 1 aliphatic heterocycles. The first-order chi connectivity index (χ1) is 7.04. The van der Waals surface area contributed by atoms with Gasteiger partial charge in [-0.05, 0) is 26.2 Å². The topological polar surface area (TPSA) is 29.5 Å². The molecule has 15 heavy (non-hydrogen) atoms. The number of rotatable bonds is 5. The van der Waals surface area contributed by atoms with Gasteiger partial charge in [0.25, 0.3) is 0 Å². The maximum absolute atomic E-state index is 10.5. The zero-order valence-electron chi connectivity index (χ0n) is 10.5. The molecule has 2 nitrogen and oxygen atoms in total. The van der Waals surface area contributed by atoms with E-state index in [4.69, 9.17) is 4.74 Å². The van der Waals surface area contributed by atoms with Crippen LogP contribution in [0.5, 0.6) is 0 Å². The van der Waals surface area contributed by atoms with Crippen molar-refractivity contribution in [2.24, 2.45) is 0 Å². The molecule has 1 N–H and O–H groups in total. The third kappa shape index (κ3) is 3.76. The van der Waals surface area contributed by atoms with Crippen LogP contribution in [0.4, 0.5) is 0 Å². The van der Waals surface area contributed by atoms with E-state index in [1.807, 2.05) is 0 Å². The molecule has 0 aromatic heterocycles. The largest absolute Gasteiger partial charge is 0.390 e. The van der Waals surface area contributed by atoms with Crippen molar-refractivity contribution < 1.29 is 9.84 Å². The third-order valence-electron chi connectivity index (χ3n) is 3.71. The molecule has 1 rings (SSSR count). The fourth-order valence-electron chi connectivity index (χ4n) is 2.47. The van der Waals surface area contributed by atoms with Crippen LogP contribution in [0.1, 0.15) is 65.7 Å². The molecule has 0 bridgehead atoms. The molecule has 0 saturated carbocycles. The van der Waals surface area contributed by atoms with Crippen molar-refractivity contribution in [3.63, 3.8) is 0 Å². The van der Waals surface area contributed by atoms with Crippen LogP contribution in [0.25, 0.3) is 0 Å². The van der Waals surface area contributed by atoms with E-state index in [9.17, 15) is 5.11 Å². The molecule has 1 aliphatic rings. The molecule has 0 amide bonds. The summed E-state index contributed by atoms with van der Waals surface area (Å²) in [5.74, 6) is 0. The van der Waals surface area contributed by atoms with Gasteiger partial charge in [0.2, 0.25) is 0 Å². The summed E-state index contributed by atoms with van der Waals surface area (Å²) in [6.45, 7) is 7.17. The maximum atomic E-state index is 10.5. The number of hydrogen-bond donors (Lipinski definition) is 1. The van der Waals surface area contributed by atoms with Crippen molar-refractivity contribution in [3.8, 4) is 0 Å². The van der Waals surface area contributed by atoms with E-state index < -0.39 is 5.60 Å². The SMILES string of the molecule is CCCCCC1(O)CCOC(C)(CC)C1. The molecular weight excluding hydrogens is 188 g/mol.